The van der Waals surface area contributed by atoms with Crippen molar-refractivity contribution in [1.29, 1.82) is 0 Å². The van der Waals surface area contributed by atoms with Crippen molar-refractivity contribution in [1.82, 2.24) is 20.2 Å². The number of unbranched alkanes of at least 4 members (excludes halogenated alkanes) is 1. The summed E-state index contributed by atoms with van der Waals surface area (Å²) >= 11 is 0. The number of hydrogen-bond donors (Lipinski definition) is 1. The van der Waals surface area contributed by atoms with E-state index in [2.05, 4.69) is 22.4 Å². The fraction of sp³-hybridized carbons (Fsp3) is 0.846. The molecule has 0 aliphatic rings. The van der Waals surface area contributed by atoms with Crippen molar-refractivity contribution < 1.29 is 9.90 Å². The summed E-state index contributed by atoms with van der Waals surface area (Å²) < 4.78 is 1.64. The second-order valence-corrected chi connectivity index (χ2v) is 6.18. The maximum atomic E-state index is 11.3. The smallest absolute Gasteiger partial charge is 0.308 e. The summed E-state index contributed by atoms with van der Waals surface area (Å²) in [5.74, 6) is -0.460. The Morgan fingerprint density at radius 2 is 2.11 bits per heavy atom. The summed E-state index contributed by atoms with van der Waals surface area (Å²) in [6.45, 7) is 8.58. The fourth-order valence-corrected chi connectivity index (χ4v) is 2.06. The summed E-state index contributed by atoms with van der Waals surface area (Å²) in [5, 5.41) is 20.9. The monoisotopic (exact) mass is 268 g/mol. The predicted octanol–water partition coefficient (Wildman–Crippen LogP) is 2.15. The van der Waals surface area contributed by atoms with Crippen molar-refractivity contribution in [3.8, 4) is 0 Å². The number of tetrazole rings is 1. The Bertz CT molecular complexity index is 409. The van der Waals surface area contributed by atoms with Gasteiger partial charge in [-0.05, 0) is 28.7 Å². The molecule has 6 nitrogen and oxygen atoms in total. The number of carboxylic acid groups (broad SMARTS) is 1. The number of nitrogens with zero attached hydrogens (tertiary/aromatic N) is 4. The Morgan fingerprint density at radius 1 is 1.42 bits per heavy atom. The molecule has 0 aliphatic heterocycles. The number of aliphatic carboxylic acids is 1. The molecule has 0 bridgehead atoms. The minimum Gasteiger partial charge on any atom is -0.481 e. The van der Waals surface area contributed by atoms with Gasteiger partial charge in [0.15, 0.2) is 5.82 Å². The molecule has 1 atom stereocenters. The highest BCUT2D eigenvalue weighted by Gasteiger charge is 2.26. The van der Waals surface area contributed by atoms with Crippen molar-refractivity contribution >= 4 is 5.97 Å². The van der Waals surface area contributed by atoms with E-state index in [1.165, 1.54) is 0 Å². The second-order valence-electron chi connectivity index (χ2n) is 6.18. The van der Waals surface area contributed by atoms with Crippen LogP contribution in [0.15, 0.2) is 0 Å². The molecule has 1 aromatic heterocycles. The molecule has 19 heavy (non-hydrogen) atoms. The van der Waals surface area contributed by atoms with Gasteiger partial charge in [0.2, 0.25) is 0 Å². The van der Waals surface area contributed by atoms with Crippen molar-refractivity contribution in [3.05, 3.63) is 5.82 Å². The van der Waals surface area contributed by atoms with E-state index in [9.17, 15) is 9.90 Å². The van der Waals surface area contributed by atoms with E-state index >= 15 is 0 Å². The highest BCUT2D eigenvalue weighted by Crippen LogP contribution is 2.25. The molecule has 0 aliphatic carbocycles. The molecule has 1 rings (SSSR count). The first-order valence-electron chi connectivity index (χ1n) is 6.81. The number of carboxylic acids is 1. The average molecular weight is 268 g/mol. The highest BCUT2D eigenvalue weighted by molar-refractivity contribution is 5.69. The first kappa shape index (κ1) is 15.6. The zero-order chi connectivity index (χ0) is 14.5. The van der Waals surface area contributed by atoms with Crippen molar-refractivity contribution in [2.75, 3.05) is 0 Å². The maximum Gasteiger partial charge on any atom is 0.308 e. The Balaban J connectivity index is 2.74. The van der Waals surface area contributed by atoms with Gasteiger partial charge in [-0.15, -0.1) is 5.10 Å². The normalized spacial score (nSPS) is 13.5. The van der Waals surface area contributed by atoms with E-state index in [4.69, 9.17) is 0 Å². The quantitative estimate of drug-likeness (QED) is 0.819. The molecule has 6 heteroatoms. The van der Waals surface area contributed by atoms with Crippen LogP contribution >= 0.6 is 0 Å². The Kier molecular flexibility index (Phi) is 5.44. The van der Waals surface area contributed by atoms with Crippen LogP contribution in [0.25, 0.3) is 0 Å². The molecule has 0 radical (unpaired) electrons. The minimum absolute atomic E-state index is 0.0271. The van der Waals surface area contributed by atoms with Crippen LogP contribution in [0.3, 0.4) is 0 Å². The standard InChI is InChI=1S/C13H24N4O2/c1-5-6-7-11-14-15-16-17(11)9-10(12(18)19)8-13(2,3)4/h10H,5-9H2,1-4H3,(H,18,19). The Hall–Kier alpha value is -1.46. The van der Waals surface area contributed by atoms with Crippen molar-refractivity contribution in [3.63, 3.8) is 0 Å². The fourth-order valence-electron chi connectivity index (χ4n) is 2.06. The number of hydrogen-bond acceptors (Lipinski definition) is 4. The topological polar surface area (TPSA) is 80.9 Å². The van der Waals surface area contributed by atoms with E-state index < -0.39 is 11.9 Å². The van der Waals surface area contributed by atoms with Crippen LogP contribution in [-0.2, 0) is 17.8 Å². The predicted molar refractivity (Wildman–Crippen MR) is 71.6 cm³/mol. The Labute approximate surface area is 114 Å². The van der Waals surface area contributed by atoms with Gasteiger partial charge < -0.3 is 5.11 Å². The van der Waals surface area contributed by atoms with Crippen LogP contribution in [0.2, 0.25) is 0 Å². The minimum atomic E-state index is -0.785. The van der Waals surface area contributed by atoms with Crippen molar-refractivity contribution in [2.24, 2.45) is 11.3 Å². The van der Waals surface area contributed by atoms with E-state index in [-0.39, 0.29) is 5.41 Å². The van der Waals surface area contributed by atoms with Crippen LogP contribution in [0, 0.1) is 11.3 Å². The van der Waals surface area contributed by atoms with Gasteiger partial charge in [-0.25, -0.2) is 4.68 Å². The molecule has 1 unspecified atom stereocenters. The summed E-state index contributed by atoms with van der Waals surface area (Å²) in [4.78, 5) is 11.3. The molecule has 0 fully saturated rings. The van der Waals surface area contributed by atoms with E-state index in [1.807, 2.05) is 20.8 Å². The third-order valence-electron chi connectivity index (χ3n) is 2.96. The lowest BCUT2D eigenvalue weighted by atomic mass is 9.84. The van der Waals surface area contributed by atoms with Crippen LogP contribution in [0.1, 0.15) is 52.8 Å². The van der Waals surface area contributed by atoms with Gasteiger partial charge >= 0.3 is 5.97 Å². The molecule has 1 N–H and O–H groups in total. The average Bonchev–Trinajstić information content (AvgIpc) is 2.71. The molecule has 0 saturated heterocycles. The maximum absolute atomic E-state index is 11.3. The largest absolute Gasteiger partial charge is 0.481 e. The first-order chi connectivity index (χ1) is 8.83. The molecule has 0 aromatic carbocycles. The molecule has 1 heterocycles. The molecule has 0 saturated carbocycles. The number of carbonyl (C=O) groups is 1. The lowest BCUT2D eigenvalue weighted by molar-refractivity contribution is -0.143. The van der Waals surface area contributed by atoms with Gasteiger partial charge in [0.1, 0.15) is 0 Å². The lowest BCUT2D eigenvalue weighted by Gasteiger charge is -2.23. The molecule has 0 amide bonds. The zero-order valence-electron chi connectivity index (χ0n) is 12.3. The van der Waals surface area contributed by atoms with Crippen LogP contribution in [0.4, 0.5) is 0 Å². The van der Waals surface area contributed by atoms with Gasteiger partial charge in [0.25, 0.3) is 0 Å². The molecule has 1 aromatic rings. The van der Waals surface area contributed by atoms with Gasteiger partial charge in [-0.3, -0.25) is 4.79 Å². The molecular formula is C13H24N4O2. The third-order valence-corrected chi connectivity index (χ3v) is 2.96. The van der Waals surface area contributed by atoms with Gasteiger partial charge in [-0.2, -0.15) is 0 Å². The van der Waals surface area contributed by atoms with E-state index in [0.717, 1.165) is 25.1 Å². The van der Waals surface area contributed by atoms with Gasteiger partial charge in [0, 0.05) is 6.42 Å². The number of aromatic nitrogens is 4. The summed E-state index contributed by atoms with van der Waals surface area (Å²) in [6, 6.07) is 0. The SMILES string of the molecule is CCCCc1nnnn1CC(CC(C)(C)C)C(=O)O. The van der Waals surface area contributed by atoms with Crippen LogP contribution in [-0.4, -0.2) is 31.3 Å². The van der Waals surface area contributed by atoms with E-state index in [1.54, 1.807) is 4.68 Å². The van der Waals surface area contributed by atoms with Crippen molar-refractivity contribution in [2.45, 2.75) is 59.9 Å². The third kappa shape index (κ3) is 5.36. The first-order valence-corrected chi connectivity index (χ1v) is 6.81. The van der Waals surface area contributed by atoms with Gasteiger partial charge in [-0.1, -0.05) is 34.1 Å². The summed E-state index contributed by atoms with van der Waals surface area (Å²) in [7, 11) is 0. The Morgan fingerprint density at radius 3 is 2.63 bits per heavy atom. The molecule has 108 valence electrons. The number of rotatable bonds is 7. The molecular weight excluding hydrogens is 244 g/mol. The summed E-state index contributed by atoms with van der Waals surface area (Å²) in [6.07, 6.45) is 3.48. The summed E-state index contributed by atoms with van der Waals surface area (Å²) in [5.41, 5.74) is -0.0271. The second kappa shape index (κ2) is 6.63. The van der Waals surface area contributed by atoms with Crippen LogP contribution in [0.5, 0.6) is 0 Å². The molecule has 0 spiro atoms. The van der Waals surface area contributed by atoms with Crippen LogP contribution < -0.4 is 0 Å². The lowest BCUT2D eigenvalue weighted by Crippen LogP contribution is -2.26. The van der Waals surface area contributed by atoms with Gasteiger partial charge in [0.05, 0.1) is 12.5 Å². The zero-order valence-corrected chi connectivity index (χ0v) is 12.3. The van der Waals surface area contributed by atoms with E-state index in [0.29, 0.717) is 13.0 Å². The highest BCUT2D eigenvalue weighted by atomic mass is 16.4. The number of aryl methyl sites for hydroxylation is 1.